The quantitative estimate of drug-likeness (QED) is 0.384. The lowest BCUT2D eigenvalue weighted by atomic mass is 10.3. The highest BCUT2D eigenvalue weighted by Gasteiger charge is 2.20. The summed E-state index contributed by atoms with van der Waals surface area (Å²) in [5.41, 5.74) is 0. The number of amides is 2. The Balaban J connectivity index is 2.46. The van der Waals surface area contributed by atoms with Crippen LogP contribution in [0.5, 0.6) is 0 Å². The number of carbonyl (C=O) groups is 1. The van der Waals surface area contributed by atoms with Gasteiger partial charge in [0.1, 0.15) is 0 Å². The van der Waals surface area contributed by atoms with Crippen molar-refractivity contribution in [3.05, 3.63) is 0 Å². The molecule has 1 saturated heterocycles. The van der Waals surface area contributed by atoms with Gasteiger partial charge in [0.2, 0.25) is 0 Å². The largest absolute Gasteiger partial charge is 0.331 e. The maximum atomic E-state index is 11.5. The Morgan fingerprint density at radius 1 is 1.38 bits per heavy atom. The van der Waals surface area contributed by atoms with Crippen molar-refractivity contribution >= 4 is 6.03 Å². The highest BCUT2D eigenvalue weighted by molar-refractivity contribution is 5.76. The molecule has 2 amide bonds. The summed E-state index contributed by atoms with van der Waals surface area (Å²) in [5.74, 6) is 0. The van der Waals surface area contributed by atoms with Crippen LogP contribution < -0.4 is 0 Å². The maximum Gasteiger partial charge on any atom is 0.331 e. The molecule has 0 bridgehead atoms. The molecule has 0 N–H and O–H groups in total. The number of urea groups is 1. The lowest BCUT2D eigenvalue weighted by molar-refractivity contribution is 0.140. The van der Waals surface area contributed by atoms with E-state index in [1.54, 1.807) is 11.9 Å². The third-order valence-corrected chi connectivity index (χ3v) is 2.25. The van der Waals surface area contributed by atoms with Gasteiger partial charge in [-0.3, -0.25) is 4.90 Å². The van der Waals surface area contributed by atoms with Crippen molar-refractivity contribution in [1.82, 2.24) is 14.7 Å². The van der Waals surface area contributed by atoms with Crippen molar-refractivity contribution in [3.8, 4) is 12.5 Å². The Morgan fingerprint density at radius 2 is 1.92 bits per heavy atom. The van der Waals surface area contributed by atoms with Crippen molar-refractivity contribution in [2.75, 3.05) is 40.3 Å². The van der Waals surface area contributed by atoms with Gasteiger partial charge in [0, 0.05) is 39.3 Å². The molecule has 1 rings (SSSR count). The van der Waals surface area contributed by atoms with Crippen LogP contribution in [0, 0.1) is 12.5 Å². The average Bonchev–Trinajstić information content (AvgIpc) is 2.17. The number of carbonyl (C=O) groups excluding carboxylic acids is 1. The van der Waals surface area contributed by atoms with Crippen LogP contribution in [0.2, 0.25) is 0 Å². The summed E-state index contributed by atoms with van der Waals surface area (Å²) >= 11 is 0. The molecule has 0 aromatic rings. The molecule has 1 aliphatic heterocycles. The lowest BCUT2D eigenvalue weighted by Crippen LogP contribution is -2.50. The molecule has 0 unspecified atom stereocenters. The first-order valence-electron chi connectivity index (χ1n) is 4.32. The van der Waals surface area contributed by atoms with E-state index in [2.05, 4.69) is 10.9 Å². The Kier molecular flexibility index (Phi) is 3.15. The van der Waals surface area contributed by atoms with E-state index in [4.69, 9.17) is 6.42 Å². The van der Waals surface area contributed by atoms with Crippen LogP contribution in [0.25, 0.3) is 0 Å². The molecule has 1 fully saturated rings. The molecule has 4 nitrogen and oxygen atoms in total. The Morgan fingerprint density at radius 3 is 2.38 bits per heavy atom. The van der Waals surface area contributed by atoms with Crippen LogP contribution in [0.15, 0.2) is 0 Å². The maximum absolute atomic E-state index is 11.5. The van der Waals surface area contributed by atoms with Crippen molar-refractivity contribution in [1.29, 1.82) is 0 Å². The van der Waals surface area contributed by atoms with Gasteiger partial charge in [-0.25, -0.2) is 4.79 Å². The summed E-state index contributed by atoms with van der Waals surface area (Å²) in [5, 5.41) is 0. The molecular formula is C9H15N3O. The molecule has 1 heterocycles. The third-order valence-electron chi connectivity index (χ3n) is 2.25. The molecule has 1 aliphatic rings. The second-order valence-electron chi connectivity index (χ2n) is 3.26. The topological polar surface area (TPSA) is 26.8 Å². The van der Waals surface area contributed by atoms with Crippen molar-refractivity contribution in [3.63, 3.8) is 0 Å². The summed E-state index contributed by atoms with van der Waals surface area (Å²) < 4.78 is 0. The smallest absolute Gasteiger partial charge is 0.321 e. The number of terminal acetylenes is 1. The summed E-state index contributed by atoms with van der Waals surface area (Å²) in [6.07, 6.45) is 5.12. The highest BCUT2D eigenvalue weighted by Crippen LogP contribution is 2.01. The molecule has 4 heteroatoms. The van der Waals surface area contributed by atoms with Gasteiger partial charge in [-0.15, -0.1) is 0 Å². The van der Waals surface area contributed by atoms with Crippen LogP contribution in [-0.2, 0) is 0 Å². The van der Waals surface area contributed by atoms with Gasteiger partial charge in [0.05, 0.1) is 0 Å². The number of likely N-dealkylation sites (N-methyl/N-ethyl adjacent to an activating group) is 1. The van der Waals surface area contributed by atoms with E-state index in [0.717, 1.165) is 26.2 Å². The van der Waals surface area contributed by atoms with E-state index in [9.17, 15) is 4.79 Å². The van der Waals surface area contributed by atoms with Gasteiger partial charge in [-0.1, -0.05) is 6.42 Å². The minimum atomic E-state index is -0.0735. The average molecular weight is 181 g/mol. The minimum Gasteiger partial charge on any atom is -0.321 e. The summed E-state index contributed by atoms with van der Waals surface area (Å²) in [4.78, 5) is 16.8. The fourth-order valence-electron chi connectivity index (χ4n) is 1.27. The van der Waals surface area contributed by atoms with Crippen LogP contribution in [-0.4, -0.2) is 61.0 Å². The van der Waals surface area contributed by atoms with E-state index in [-0.39, 0.29) is 6.03 Å². The molecule has 0 aromatic heterocycles. The first-order valence-corrected chi connectivity index (χ1v) is 4.32. The van der Waals surface area contributed by atoms with Crippen molar-refractivity contribution < 1.29 is 4.79 Å². The Hall–Kier alpha value is -1.21. The normalized spacial score (nSPS) is 18.1. The molecular weight excluding hydrogens is 166 g/mol. The van der Waals surface area contributed by atoms with Gasteiger partial charge in [0.25, 0.3) is 0 Å². The van der Waals surface area contributed by atoms with Crippen molar-refractivity contribution in [2.45, 2.75) is 0 Å². The standard InChI is InChI=1S/C9H15N3O/c1-4-11(3)9(13)12-7-5-10(2)6-8-12/h1H,5-8H2,2-3H3. The monoisotopic (exact) mass is 181 g/mol. The molecule has 0 aliphatic carbocycles. The number of hydrogen-bond donors (Lipinski definition) is 0. The molecule has 0 radical (unpaired) electrons. The van der Waals surface area contributed by atoms with E-state index in [0.29, 0.717) is 0 Å². The van der Waals surface area contributed by atoms with Gasteiger partial charge in [0.15, 0.2) is 0 Å². The molecule has 0 spiro atoms. The van der Waals surface area contributed by atoms with E-state index in [1.165, 1.54) is 4.90 Å². The number of piperazine rings is 1. The molecule has 0 aromatic carbocycles. The van der Waals surface area contributed by atoms with Crippen LogP contribution in [0.4, 0.5) is 4.79 Å². The first kappa shape index (κ1) is 9.87. The Bertz CT molecular complexity index is 226. The molecule has 0 saturated carbocycles. The Labute approximate surface area is 79.1 Å². The zero-order valence-electron chi connectivity index (χ0n) is 8.16. The van der Waals surface area contributed by atoms with Gasteiger partial charge >= 0.3 is 6.03 Å². The lowest BCUT2D eigenvalue weighted by Gasteiger charge is -2.33. The zero-order valence-corrected chi connectivity index (χ0v) is 8.16. The molecule has 13 heavy (non-hydrogen) atoms. The predicted molar refractivity (Wildman–Crippen MR) is 51.1 cm³/mol. The summed E-state index contributed by atoms with van der Waals surface area (Å²) in [6.45, 7) is 3.37. The highest BCUT2D eigenvalue weighted by atomic mass is 16.2. The zero-order chi connectivity index (χ0) is 9.84. The van der Waals surface area contributed by atoms with Crippen molar-refractivity contribution in [2.24, 2.45) is 0 Å². The SMILES string of the molecule is C#CN(C)C(=O)N1CCN(C)CC1. The van der Waals surface area contributed by atoms with Gasteiger partial charge in [-0.05, 0) is 7.05 Å². The van der Waals surface area contributed by atoms with Crippen LogP contribution in [0.3, 0.4) is 0 Å². The van der Waals surface area contributed by atoms with E-state index >= 15 is 0 Å². The second-order valence-corrected chi connectivity index (χ2v) is 3.26. The number of rotatable bonds is 0. The van der Waals surface area contributed by atoms with Gasteiger partial charge < -0.3 is 9.80 Å². The predicted octanol–water partition coefficient (Wildman–Crippen LogP) is -0.124. The molecule has 0 atom stereocenters. The van der Waals surface area contributed by atoms with E-state index < -0.39 is 0 Å². The van der Waals surface area contributed by atoms with Crippen LogP contribution in [0.1, 0.15) is 0 Å². The van der Waals surface area contributed by atoms with E-state index in [1.807, 2.05) is 7.05 Å². The minimum absolute atomic E-state index is 0.0735. The second kappa shape index (κ2) is 4.15. The number of nitrogens with zero attached hydrogens (tertiary/aromatic N) is 3. The fourth-order valence-corrected chi connectivity index (χ4v) is 1.27. The summed E-state index contributed by atoms with van der Waals surface area (Å²) in [6, 6.07) is 2.23. The van der Waals surface area contributed by atoms with Crippen LogP contribution >= 0.6 is 0 Å². The fraction of sp³-hybridized carbons (Fsp3) is 0.667. The molecule has 72 valence electrons. The first-order chi connectivity index (χ1) is 6.15. The summed E-state index contributed by atoms with van der Waals surface area (Å²) in [7, 11) is 3.66. The number of hydrogen-bond acceptors (Lipinski definition) is 2. The van der Waals surface area contributed by atoms with Gasteiger partial charge in [-0.2, -0.15) is 0 Å². The third kappa shape index (κ3) is 2.36.